The number of rotatable bonds is 8. The van der Waals surface area contributed by atoms with Crippen LogP contribution < -0.4 is 11.1 Å². The minimum Gasteiger partial charge on any atom is -0.383 e. The molecule has 3 N–H and O–H groups in total. The molecular weight excluding hydrogens is 411 g/mol. The monoisotopic (exact) mass is 448 g/mol. The van der Waals surface area contributed by atoms with Crippen LogP contribution in [0, 0.1) is 5.82 Å². The maximum atomic E-state index is 13.3. The van der Waals surface area contributed by atoms with Crippen LogP contribution in [-0.4, -0.2) is 72.6 Å². The Morgan fingerprint density at radius 2 is 1.88 bits per heavy atom. The van der Waals surface area contributed by atoms with Gasteiger partial charge in [0.1, 0.15) is 11.9 Å². The van der Waals surface area contributed by atoms with Crippen molar-refractivity contribution >= 4 is 11.8 Å². The largest absolute Gasteiger partial charge is 0.383 e. The number of hydrogen-bond acceptors (Lipinski definition) is 5. The van der Waals surface area contributed by atoms with E-state index in [0.29, 0.717) is 32.7 Å². The zero-order valence-corrected chi connectivity index (χ0v) is 19.3. The Labute approximate surface area is 190 Å². The number of ether oxygens (including phenoxy) is 1. The van der Waals surface area contributed by atoms with Crippen LogP contribution in [0.25, 0.3) is 0 Å². The Balaban J connectivity index is 1.70. The van der Waals surface area contributed by atoms with Gasteiger partial charge in [-0.15, -0.1) is 0 Å². The number of nitrogens with two attached hydrogens (primary N) is 1. The summed E-state index contributed by atoms with van der Waals surface area (Å²) in [6.45, 7) is 3.98. The molecule has 2 atom stereocenters. The number of halogens is 1. The van der Waals surface area contributed by atoms with Crippen LogP contribution in [0.3, 0.4) is 0 Å². The lowest BCUT2D eigenvalue weighted by Gasteiger charge is -2.43. The second kappa shape index (κ2) is 11.7. The van der Waals surface area contributed by atoms with E-state index in [2.05, 4.69) is 10.2 Å². The molecule has 32 heavy (non-hydrogen) atoms. The summed E-state index contributed by atoms with van der Waals surface area (Å²) < 4.78 is 18.6. The summed E-state index contributed by atoms with van der Waals surface area (Å²) in [6, 6.07) is 6.50. The Morgan fingerprint density at radius 1 is 1.19 bits per heavy atom. The maximum Gasteiger partial charge on any atom is 0.243 e. The summed E-state index contributed by atoms with van der Waals surface area (Å²) in [4.78, 5) is 29.5. The molecule has 0 bridgehead atoms. The van der Waals surface area contributed by atoms with Gasteiger partial charge in [0.05, 0.1) is 6.61 Å². The van der Waals surface area contributed by atoms with Crippen molar-refractivity contribution in [3.63, 3.8) is 0 Å². The lowest BCUT2D eigenvalue weighted by molar-refractivity contribution is -0.142. The van der Waals surface area contributed by atoms with Crippen molar-refractivity contribution in [3.05, 3.63) is 35.6 Å². The minimum absolute atomic E-state index is 0.0705. The molecule has 8 heteroatoms. The topological polar surface area (TPSA) is 87.9 Å². The Kier molecular flexibility index (Phi) is 9.02. The van der Waals surface area contributed by atoms with E-state index in [4.69, 9.17) is 10.5 Å². The second-order valence-electron chi connectivity index (χ2n) is 9.12. The van der Waals surface area contributed by atoms with Crippen LogP contribution in [0.4, 0.5) is 4.39 Å². The van der Waals surface area contributed by atoms with E-state index >= 15 is 0 Å². The van der Waals surface area contributed by atoms with Crippen LogP contribution in [-0.2, 0) is 20.9 Å². The van der Waals surface area contributed by atoms with Crippen molar-refractivity contribution in [3.8, 4) is 0 Å². The fourth-order valence-corrected chi connectivity index (χ4v) is 4.89. The van der Waals surface area contributed by atoms with E-state index in [1.54, 1.807) is 24.1 Å². The molecule has 1 aliphatic carbocycles. The fourth-order valence-electron chi connectivity index (χ4n) is 4.89. The third kappa shape index (κ3) is 6.73. The van der Waals surface area contributed by atoms with E-state index in [-0.39, 0.29) is 35.8 Å². The van der Waals surface area contributed by atoms with Crippen LogP contribution in [0.5, 0.6) is 0 Å². The van der Waals surface area contributed by atoms with E-state index in [9.17, 15) is 14.0 Å². The number of nitrogens with one attached hydrogen (secondary N) is 1. The summed E-state index contributed by atoms with van der Waals surface area (Å²) in [5.41, 5.74) is 7.00. The molecule has 1 aromatic carbocycles. The number of methoxy groups -OCH3 is 1. The quantitative estimate of drug-likeness (QED) is 0.636. The van der Waals surface area contributed by atoms with Crippen molar-refractivity contribution in [2.45, 2.75) is 76.2 Å². The molecule has 2 aliphatic rings. The molecule has 0 spiro atoms. The number of nitrogens with zero attached hydrogens (tertiary/aromatic N) is 2. The third-order valence-corrected chi connectivity index (χ3v) is 6.80. The SMILES string of the molecule is COCCN(Cc1ccc(F)cc1)C1CCN(C(C)=O)[C@@H](C(=O)NC2CCC(N)CC2)C1. The molecule has 2 amide bonds. The number of piperidine rings is 1. The normalized spacial score (nSPS) is 26.2. The molecule has 3 rings (SSSR count). The first-order chi connectivity index (χ1) is 15.4. The van der Waals surface area contributed by atoms with Gasteiger partial charge in [-0.3, -0.25) is 14.5 Å². The minimum atomic E-state index is -0.486. The molecular formula is C24H37FN4O3. The van der Waals surface area contributed by atoms with Crippen LogP contribution in [0.15, 0.2) is 24.3 Å². The lowest BCUT2D eigenvalue weighted by Crippen LogP contribution is -2.58. The Bertz CT molecular complexity index is 752. The molecule has 0 radical (unpaired) electrons. The van der Waals surface area contributed by atoms with Crippen LogP contribution >= 0.6 is 0 Å². The highest BCUT2D eigenvalue weighted by atomic mass is 19.1. The van der Waals surface area contributed by atoms with Gasteiger partial charge in [0, 0.05) is 51.8 Å². The standard InChI is InChI=1S/C24H37FN4O3/c1-17(30)29-12-11-22(15-23(29)24(31)27-21-9-7-20(26)8-10-21)28(13-14-32-2)16-18-3-5-19(25)6-4-18/h3-6,20-23H,7-16,26H2,1-2H3,(H,27,31)/t20?,21?,22?,23-/m1/s1. The predicted octanol–water partition coefficient (Wildman–Crippen LogP) is 2.04. The Morgan fingerprint density at radius 3 is 2.50 bits per heavy atom. The van der Waals surface area contributed by atoms with Gasteiger partial charge in [0.2, 0.25) is 11.8 Å². The second-order valence-corrected chi connectivity index (χ2v) is 9.12. The first kappa shape index (κ1) is 24.6. The average Bonchev–Trinajstić information content (AvgIpc) is 2.79. The highest BCUT2D eigenvalue weighted by Gasteiger charge is 2.38. The molecule has 1 aromatic rings. The average molecular weight is 449 g/mol. The molecule has 0 aromatic heterocycles. The van der Waals surface area contributed by atoms with Crippen LogP contribution in [0.2, 0.25) is 0 Å². The van der Waals surface area contributed by atoms with Crippen molar-refractivity contribution in [1.29, 1.82) is 0 Å². The number of benzene rings is 1. The molecule has 1 saturated heterocycles. The van der Waals surface area contributed by atoms with E-state index in [1.807, 2.05) is 0 Å². The lowest BCUT2D eigenvalue weighted by atomic mass is 9.90. The van der Waals surface area contributed by atoms with Crippen molar-refractivity contribution in [2.24, 2.45) is 5.73 Å². The summed E-state index contributed by atoms with van der Waals surface area (Å²) >= 11 is 0. The van der Waals surface area contributed by atoms with Gasteiger partial charge in [-0.1, -0.05) is 12.1 Å². The number of hydrogen-bond donors (Lipinski definition) is 2. The van der Waals surface area contributed by atoms with Gasteiger partial charge in [-0.2, -0.15) is 0 Å². The summed E-state index contributed by atoms with van der Waals surface area (Å²) in [6.07, 6.45) is 4.95. The number of carbonyl (C=O) groups excluding carboxylic acids is 2. The molecule has 1 aliphatic heterocycles. The third-order valence-electron chi connectivity index (χ3n) is 6.80. The van der Waals surface area contributed by atoms with Gasteiger partial charge >= 0.3 is 0 Å². The Hall–Kier alpha value is -2.03. The van der Waals surface area contributed by atoms with Crippen molar-refractivity contribution < 1.29 is 18.7 Å². The highest BCUT2D eigenvalue weighted by molar-refractivity contribution is 5.87. The molecule has 1 saturated carbocycles. The van der Waals surface area contributed by atoms with Crippen molar-refractivity contribution in [1.82, 2.24) is 15.1 Å². The van der Waals surface area contributed by atoms with Gasteiger partial charge in [0.25, 0.3) is 0 Å². The van der Waals surface area contributed by atoms with Crippen LogP contribution in [0.1, 0.15) is 51.0 Å². The first-order valence-electron chi connectivity index (χ1n) is 11.7. The van der Waals surface area contributed by atoms with E-state index in [0.717, 1.165) is 37.7 Å². The molecule has 1 unspecified atom stereocenters. The molecule has 178 valence electrons. The smallest absolute Gasteiger partial charge is 0.243 e. The maximum absolute atomic E-state index is 13.3. The number of amides is 2. The summed E-state index contributed by atoms with van der Waals surface area (Å²) in [7, 11) is 1.67. The van der Waals surface area contributed by atoms with E-state index in [1.165, 1.54) is 19.1 Å². The van der Waals surface area contributed by atoms with Gasteiger partial charge < -0.3 is 20.7 Å². The van der Waals surface area contributed by atoms with E-state index < -0.39 is 6.04 Å². The molecule has 1 heterocycles. The summed E-state index contributed by atoms with van der Waals surface area (Å²) in [5, 5.41) is 3.18. The number of carbonyl (C=O) groups is 2. The zero-order valence-electron chi connectivity index (χ0n) is 19.3. The summed E-state index contributed by atoms with van der Waals surface area (Å²) in [5.74, 6) is -0.401. The fraction of sp³-hybridized carbons (Fsp3) is 0.667. The van der Waals surface area contributed by atoms with Gasteiger partial charge in [-0.05, 0) is 56.2 Å². The predicted molar refractivity (Wildman–Crippen MR) is 121 cm³/mol. The first-order valence-corrected chi connectivity index (χ1v) is 11.7. The van der Waals surface area contributed by atoms with Gasteiger partial charge in [-0.25, -0.2) is 4.39 Å². The number of likely N-dealkylation sites (tertiary alicyclic amines) is 1. The van der Waals surface area contributed by atoms with Gasteiger partial charge in [0.15, 0.2) is 0 Å². The highest BCUT2D eigenvalue weighted by Crippen LogP contribution is 2.25. The zero-order chi connectivity index (χ0) is 23.1. The molecule has 2 fully saturated rings. The van der Waals surface area contributed by atoms with Crippen molar-refractivity contribution in [2.75, 3.05) is 26.8 Å². The molecule has 7 nitrogen and oxygen atoms in total.